The molecule has 0 aromatic rings. The van der Waals surface area contributed by atoms with Gasteiger partial charge in [-0.2, -0.15) is 0 Å². The number of rotatable bonds is 7. The van der Waals surface area contributed by atoms with E-state index in [0.29, 0.717) is 6.42 Å². The van der Waals surface area contributed by atoms with Crippen molar-refractivity contribution in [2.75, 3.05) is 19.8 Å². The van der Waals surface area contributed by atoms with Gasteiger partial charge in [-0.3, -0.25) is 5.32 Å². The van der Waals surface area contributed by atoms with Crippen LogP contribution in [0.4, 0.5) is 0 Å². The fourth-order valence-corrected chi connectivity index (χ4v) is 1.35. The van der Waals surface area contributed by atoms with Crippen LogP contribution >= 0.6 is 0 Å². The molecule has 0 aliphatic heterocycles. The van der Waals surface area contributed by atoms with Crippen LogP contribution in [-0.4, -0.2) is 57.6 Å². The van der Waals surface area contributed by atoms with Crippen LogP contribution in [0, 0.1) is 0 Å². The van der Waals surface area contributed by atoms with Crippen molar-refractivity contribution >= 4 is 0 Å². The molecule has 7 N–H and O–H groups in total. The third-order valence-corrected chi connectivity index (χ3v) is 2.73. The lowest BCUT2D eigenvalue weighted by Gasteiger charge is -2.42. The molecule has 0 amide bonds. The van der Waals surface area contributed by atoms with Gasteiger partial charge in [0, 0.05) is 0 Å². The molecule has 0 saturated heterocycles. The molecular formula is C9H22N2O4. The number of nitrogens with one attached hydrogen (secondary N) is 1. The third-order valence-electron chi connectivity index (χ3n) is 2.73. The molecule has 0 aliphatic rings. The second-order valence-electron chi connectivity index (χ2n) is 4.11. The smallest absolute Gasteiger partial charge is 0.123 e. The summed E-state index contributed by atoms with van der Waals surface area (Å²) in [6.07, 6.45) is -0.901. The van der Waals surface area contributed by atoms with Crippen LogP contribution in [0.15, 0.2) is 0 Å². The van der Waals surface area contributed by atoms with E-state index in [4.69, 9.17) is 15.9 Å². The summed E-state index contributed by atoms with van der Waals surface area (Å²) in [5.41, 5.74) is 3.28. The highest BCUT2D eigenvalue weighted by atomic mass is 16.3. The second kappa shape index (κ2) is 5.74. The van der Waals surface area contributed by atoms with E-state index < -0.39 is 17.3 Å². The highest BCUT2D eigenvalue weighted by Gasteiger charge is 2.39. The van der Waals surface area contributed by atoms with Gasteiger partial charge in [0.2, 0.25) is 0 Å². The molecule has 0 aromatic heterocycles. The van der Waals surface area contributed by atoms with Gasteiger partial charge >= 0.3 is 0 Å². The van der Waals surface area contributed by atoms with E-state index in [2.05, 4.69) is 5.32 Å². The van der Waals surface area contributed by atoms with Gasteiger partial charge in [-0.25, -0.2) is 0 Å². The number of aliphatic hydroxyl groups is 4. The van der Waals surface area contributed by atoms with Crippen LogP contribution in [-0.2, 0) is 0 Å². The molecule has 0 aromatic carbocycles. The lowest BCUT2D eigenvalue weighted by molar-refractivity contribution is -0.0214. The molecule has 0 radical (unpaired) electrons. The zero-order valence-corrected chi connectivity index (χ0v) is 9.27. The van der Waals surface area contributed by atoms with Crippen LogP contribution in [0.5, 0.6) is 0 Å². The predicted molar refractivity (Wildman–Crippen MR) is 56.0 cm³/mol. The highest BCUT2D eigenvalue weighted by Crippen LogP contribution is 2.17. The lowest BCUT2D eigenvalue weighted by Crippen LogP contribution is -2.68. The van der Waals surface area contributed by atoms with Gasteiger partial charge < -0.3 is 26.2 Å². The standard InChI is InChI=1S/C9H22N2O4/c1-3-9(6-14,7(10)15)11-8(2,4-12)5-13/h7,11-15H,3-6,10H2,1-2H3. The molecule has 15 heavy (non-hydrogen) atoms. The molecule has 0 rings (SSSR count). The zero-order valence-electron chi connectivity index (χ0n) is 9.27. The summed E-state index contributed by atoms with van der Waals surface area (Å²) in [6, 6.07) is 0. The molecule has 0 fully saturated rings. The Kier molecular flexibility index (Phi) is 5.65. The van der Waals surface area contributed by atoms with Crippen molar-refractivity contribution in [3.63, 3.8) is 0 Å². The molecule has 2 unspecified atom stereocenters. The first-order chi connectivity index (χ1) is 6.89. The van der Waals surface area contributed by atoms with E-state index in [-0.39, 0.29) is 19.8 Å². The lowest BCUT2D eigenvalue weighted by atomic mass is 9.90. The predicted octanol–water partition coefficient (Wildman–Crippen LogP) is -2.26. The Morgan fingerprint density at radius 2 is 1.67 bits per heavy atom. The minimum atomic E-state index is -1.27. The van der Waals surface area contributed by atoms with Crippen LogP contribution in [0.1, 0.15) is 20.3 Å². The third kappa shape index (κ3) is 3.37. The second-order valence-corrected chi connectivity index (χ2v) is 4.11. The molecule has 0 bridgehead atoms. The van der Waals surface area contributed by atoms with Gasteiger partial charge in [-0.05, 0) is 13.3 Å². The van der Waals surface area contributed by atoms with Crippen molar-refractivity contribution in [1.82, 2.24) is 5.32 Å². The summed E-state index contributed by atoms with van der Waals surface area (Å²) in [6.45, 7) is 2.30. The van der Waals surface area contributed by atoms with Gasteiger partial charge in [0.15, 0.2) is 0 Å². The van der Waals surface area contributed by atoms with Crippen molar-refractivity contribution in [2.45, 2.75) is 37.6 Å². The van der Waals surface area contributed by atoms with E-state index in [1.165, 1.54) is 0 Å². The Bertz CT molecular complexity index is 179. The van der Waals surface area contributed by atoms with Crippen molar-refractivity contribution in [1.29, 1.82) is 0 Å². The Morgan fingerprint density at radius 1 is 1.20 bits per heavy atom. The van der Waals surface area contributed by atoms with Gasteiger partial charge in [0.05, 0.1) is 30.9 Å². The molecule has 92 valence electrons. The Hall–Kier alpha value is -0.240. The van der Waals surface area contributed by atoms with Gasteiger partial charge in [-0.15, -0.1) is 0 Å². The maximum absolute atomic E-state index is 9.41. The highest BCUT2D eigenvalue weighted by molar-refractivity contribution is 4.98. The molecular weight excluding hydrogens is 200 g/mol. The Balaban J connectivity index is 4.80. The largest absolute Gasteiger partial charge is 0.394 e. The van der Waals surface area contributed by atoms with E-state index >= 15 is 0 Å². The van der Waals surface area contributed by atoms with E-state index in [9.17, 15) is 10.2 Å². The van der Waals surface area contributed by atoms with Crippen molar-refractivity contribution in [3.05, 3.63) is 0 Å². The molecule has 0 saturated carbocycles. The van der Waals surface area contributed by atoms with Crippen LogP contribution in [0.2, 0.25) is 0 Å². The maximum atomic E-state index is 9.41. The first-order valence-corrected chi connectivity index (χ1v) is 4.95. The Labute approximate surface area is 89.7 Å². The average molecular weight is 222 g/mol. The quantitative estimate of drug-likeness (QED) is 0.271. The monoisotopic (exact) mass is 222 g/mol. The average Bonchev–Trinajstić information content (AvgIpc) is 2.25. The summed E-state index contributed by atoms with van der Waals surface area (Å²) in [5, 5.41) is 39.7. The first-order valence-electron chi connectivity index (χ1n) is 4.95. The Morgan fingerprint density at radius 3 is 1.87 bits per heavy atom. The van der Waals surface area contributed by atoms with Crippen LogP contribution < -0.4 is 11.1 Å². The molecule has 0 heterocycles. The zero-order chi connectivity index (χ0) is 12.1. The summed E-state index contributed by atoms with van der Waals surface area (Å²) in [4.78, 5) is 0. The van der Waals surface area contributed by atoms with Crippen molar-refractivity contribution < 1.29 is 20.4 Å². The molecule has 6 nitrogen and oxygen atoms in total. The van der Waals surface area contributed by atoms with E-state index in [1.54, 1.807) is 13.8 Å². The van der Waals surface area contributed by atoms with E-state index in [0.717, 1.165) is 0 Å². The number of nitrogens with two attached hydrogens (primary N) is 1. The van der Waals surface area contributed by atoms with Crippen LogP contribution in [0.25, 0.3) is 0 Å². The summed E-state index contributed by atoms with van der Waals surface area (Å²) >= 11 is 0. The van der Waals surface area contributed by atoms with Crippen molar-refractivity contribution in [2.24, 2.45) is 5.73 Å². The number of hydrogen-bond acceptors (Lipinski definition) is 6. The number of hydrogen-bond donors (Lipinski definition) is 6. The topological polar surface area (TPSA) is 119 Å². The minimum Gasteiger partial charge on any atom is -0.394 e. The van der Waals surface area contributed by atoms with Gasteiger partial charge in [0.25, 0.3) is 0 Å². The SMILES string of the molecule is CCC(CO)(NC(C)(CO)CO)C(N)O. The molecule has 2 atom stereocenters. The molecule has 0 spiro atoms. The summed E-state index contributed by atoms with van der Waals surface area (Å²) < 4.78 is 0. The summed E-state index contributed by atoms with van der Waals surface area (Å²) in [5.74, 6) is 0. The normalized spacial score (nSPS) is 18.6. The van der Waals surface area contributed by atoms with Gasteiger partial charge in [-0.1, -0.05) is 6.92 Å². The van der Waals surface area contributed by atoms with Crippen LogP contribution in [0.3, 0.4) is 0 Å². The number of aliphatic hydroxyl groups excluding tert-OH is 4. The van der Waals surface area contributed by atoms with Crippen molar-refractivity contribution in [3.8, 4) is 0 Å². The van der Waals surface area contributed by atoms with E-state index in [1.807, 2.05) is 0 Å². The first kappa shape index (κ1) is 14.8. The maximum Gasteiger partial charge on any atom is 0.123 e. The molecule has 0 aliphatic carbocycles. The molecule has 6 heteroatoms. The fourth-order valence-electron chi connectivity index (χ4n) is 1.35. The van der Waals surface area contributed by atoms with Gasteiger partial charge in [0.1, 0.15) is 6.23 Å². The minimum absolute atomic E-state index is 0.321. The fraction of sp³-hybridized carbons (Fsp3) is 1.00. The summed E-state index contributed by atoms with van der Waals surface area (Å²) in [7, 11) is 0.